The maximum Gasteiger partial charge on any atom is 0.325 e. The molecule has 0 aromatic heterocycles. The Labute approximate surface area is 111 Å². The van der Waals surface area contributed by atoms with E-state index in [1.165, 1.54) is 17.6 Å². The first kappa shape index (κ1) is 14.6. The van der Waals surface area contributed by atoms with E-state index in [9.17, 15) is 9.59 Å². The highest BCUT2D eigenvalue weighted by Crippen LogP contribution is 2.11. The van der Waals surface area contributed by atoms with Crippen LogP contribution in [0.3, 0.4) is 0 Å². The van der Waals surface area contributed by atoms with Gasteiger partial charge in [-0.25, -0.2) is 0 Å². The lowest BCUT2D eigenvalue weighted by atomic mass is 10.1. The Morgan fingerprint density at radius 2 is 1.89 bits per heavy atom. The van der Waals surface area contributed by atoms with Gasteiger partial charge in [-0.3, -0.25) is 9.59 Å². The van der Waals surface area contributed by atoms with Crippen LogP contribution in [0, 0.1) is 0 Å². The molecule has 0 aliphatic carbocycles. The van der Waals surface area contributed by atoms with Gasteiger partial charge in [0.25, 0.3) is 5.91 Å². The van der Waals surface area contributed by atoms with Crippen molar-refractivity contribution in [2.24, 2.45) is 0 Å². The Kier molecular flexibility index (Phi) is 5.71. The highest BCUT2D eigenvalue weighted by molar-refractivity contribution is 7.97. The summed E-state index contributed by atoms with van der Waals surface area (Å²) in [5.74, 6) is 0.313. The number of carbonyl (C=O) groups excluding carboxylic acids is 2. The van der Waals surface area contributed by atoms with E-state index in [2.05, 4.69) is 4.74 Å². The van der Waals surface area contributed by atoms with Crippen LogP contribution in [0.1, 0.15) is 15.9 Å². The zero-order chi connectivity index (χ0) is 13.5. The second-order valence-electron chi connectivity index (χ2n) is 3.87. The molecule has 0 saturated carbocycles. The number of ether oxygens (including phenoxy) is 1. The van der Waals surface area contributed by atoms with Gasteiger partial charge in [0.15, 0.2) is 0 Å². The quantitative estimate of drug-likeness (QED) is 0.763. The van der Waals surface area contributed by atoms with Crippen molar-refractivity contribution in [2.45, 2.75) is 5.75 Å². The molecule has 0 N–H and O–H groups in total. The molecule has 1 rings (SSSR count). The molecule has 5 heteroatoms. The van der Waals surface area contributed by atoms with Crippen LogP contribution in [0.2, 0.25) is 0 Å². The van der Waals surface area contributed by atoms with Gasteiger partial charge < -0.3 is 9.64 Å². The van der Waals surface area contributed by atoms with E-state index in [1.54, 1.807) is 30.9 Å². The molecule has 0 spiro atoms. The highest BCUT2D eigenvalue weighted by atomic mass is 32.2. The number of likely N-dealkylation sites (N-methyl/N-ethyl adjacent to an activating group) is 1. The number of rotatable bonds is 5. The Morgan fingerprint density at radius 3 is 2.39 bits per heavy atom. The van der Waals surface area contributed by atoms with Crippen molar-refractivity contribution in [1.29, 1.82) is 0 Å². The molecule has 0 unspecified atom stereocenters. The van der Waals surface area contributed by atoms with Crippen molar-refractivity contribution in [3.63, 3.8) is 0 Å². The highest BCUT2D eigenvalue weighted by Gasteiger charge is 2.14. The van der Waals surface area contributed by atoms with Crippen LogP contribution in [-0.2, 0) is 15.3 Å². The lowest BCUT2D eigenvalue weighted by Crippen LogP contribution is -2.32. The number of esters is 1. The van der Waals surface area contributed by atoms with E-state index in [-0.39, 0.29) is 12.5 Å². The smallest absolute Gasteiger partial charge is 0.325 e. The molecule has 0 radical (unpaired) electrons. The van der Waals surface area contributed by atoms with Gasteiger partial charge in [-0.15, -0.1) is 0 Å². The molecule has 0 saturated heterocycles. The second-order valence-corrected chi connectivity index (χ2v) is 4.73. The lowest BCUT2D eigenvalue weighted by molar-refractivity contribution is -0.141. The third-order valence-corrected chi connectivity index (χ3v) is 3.07. The topological polar surface area (TPSA) is 46.6 Å². The minimum atomic E-state index is -0.426. The molecule has 1 amide bonds. The fourth-order valence-electron chi connectivity index (χ4n) is 1.46. The van der Waals surface area contributed by atoms with E-state index in [4.69, 9.17) is 0 Å². The average molecular weight is 267 g/mol. The van der Waals surface area contributed by atoms with Crippen LogP contribution in [0.4, 0.5) is 0 Å². The average Bonchev–Trinajstić information content (AvgIpc) is 2.39. The first-order chi connectivity index (χ1) is 8.58. The zero-order valence-corrected chi connectivity index (χ0v) is 11.6. The van der Waals surface area contributed by atoms with Crippen LogP contribution in [0.15, 0.2) is 24.3 Å². The van der Waals surface area contributed by atoms with E-state index >= 15 is 0 Å². The van der Waals surface area contributed by atoms with Gasteiger partial charge in [0.2, 0.25) is 0 Å². The largest absolute Gasteiger partial charge is 0.468 e. The van der Waals surface area contributed by atoms with Crippen LogP contribution in [0.25, 0.3) is 0 Å². The fourth-order valence-corrected chi connectivity index (χ4v) is 1.99. The molecule has 4 nitrogen and oxygen atoms in total. The van der Waals surface area contributed by atoms with Crippen molar-refractivity contribution >= 4 is 23.6 Å². The molecular formula is C13H17NO3S. The van der Waals surface area contributed by atoms with E-state index in [0.29, 0.717) is 5.56 Å². The van der Waals surface area contributed by atoms with Gasteiger partial charge >= 0.3 is 5.97 Å². The van der Waals surface area contributed by atoms with Gasteiger partial charge in [0, 0.05) is 18.4 Å². The van der Waals surface area contributed by atoms with Crippen molar-refractivity contribution < 1.29 is 14.3 Å². The van der Waals surface area contributed by atoms with Crippen molar-refractivity contribution in [2.75, 3.05) is 27.0 Å². The van der Waals surface area contributed by atoms with Crippen molar-refractivity contribution in [1.82, 2.24) is 4.90 Å². The predicted octanol–water partition coefficient (Wildman–Crippen LogP) is 1.79. The minimum Gasteiger partial charge on any atom is -0.468 e. The van der Waals surface area contributed by atoms with Gasteiger partial charge in [0.05, 0.1) is 7.11 Å². The SMILES string of the molecule is COC(=O)CN(C)C(=O)c1ccc(CSC)cc1. The number of nitrogens with zero attached hydrogens (tertiary/aromatic N) is 1. The van der Waals surface area contributed by atoms with Crippen LogP contribution in [0.5, 0.6) is 0 Å². The van der Waals surface area contributed by atoms with Gasteiger partial charge in [-0.2, -0.15) is 11.8 Å². The maximum absolute atomic E-state index is 12.0. The molecular weight excluding hydrogens is 250 g/mol. The normalized spacial score (nSPS) is 9.94. The summed E-state index contributed by atoms with van der Waals surface area (Å²) in [5.41, 5.74) is 1.75. The first-order valence-electron chi connectivity index (χ1n) is 5.48. The minimum absolute atomic E-state index is 0.0398. The first-order valence-corrected chi connectivity index (χ1v) is 6.88. The molecule has 0 heterocycles. The van der Waals surface area contributed by atoms with Gasteiger partial charge in [0.1, 0.15) is 6.54 Å². The number of methoxy groups -OCH3 is 1. The Morgan fingerprint density at radius 1 is 1.28 bits per heavy atom. The Hall–Kier alpha value is -1.49. The third-order valence-electron chi connectivity index (χ3n) is 2.45. The number of thioether (sulfide) groups is 1. The summed E-state index contributed by atoms with van der Waals surface area (Å²) in [6.07, 6.45) is 2.03. The lowest BCUT2D eigenvalue weighted by Gasteiger charge is -2.15. The number of hydrogen-bond acceptors (Lipinski definition) is 4. The van der Waals surface area contributed by atoms with Crippen molar-refractivity contribution in [3.8, 4) is 0 Å². The summed E-state index contributed by atoms with van der Waals surface area (Å²) in [5, 5.41) is 0. The fraction of sp³-hybridized carbons (Fsp3) is 0.385. The summed E-state index contributed by atoms with van der Waals surface area (Å²) in [6.45, 7) is -0.0398. The second kappa shape index (κ2) is 7.06. The molecule has 0 bridgehead atoms. The zero-order valence-electron chi connectivity index (χ0n) is 10.8. The summed E-state index contributed by atoms with van der Waals surface area (Å²) in [4.78, 5) is 24.4. The Balaban J connectivity index is 2.68. The Bertz CT molecular complexity index is 417. The molecule has 0 aliphatic heterocycles. The van der Waals surface area contributed by atoms with Crippen LogP contribution >= 0.6 is 11.8 Å². The standard InChI is InChI=1S/C13H17NO3S/c1-14(8-12(15)17-2)13(16)11-6-4-10(5-7-11)9-18-3/h4-7H,8-9H2,1-3H3. The molecule has 0 fully saturated rings. The van der Waals surface area contributed by atoms with Gasteiger partial charge in [-0.05, 0) is 24.0 Å². The van der Waals surface area contributed by atoms with E-state index in [0.717, 1.165) is 5.75 Å². The molecule has 1 aromatic carbocycles. The molecule has 0 aliphatic rings. The number of carbonyl (C=O) groups is 2. The molecule has 18 heavy (non-hydrogen) atoms. The van der Waals surface area contributed by atoms with Gasteiger partial charge in [-0.1, -0.05) is 12.1 Å². The van der Waals surface area contributed by atoms with E-state index < -0.39 is 5.97 Å². The molecule has 98 valence electrons. The number of benzene rings is 1. The summed E-state index contributed by atoms with van der Waals surface area (Å²) in [7, 11) is 2.88. The van der Waals surface area contributed by atoms with Crippen LogP contribution < -0.4 is 0 Å². The van der Waals surface area contributed by atoms with Crippen LogP contribution in [-0.4, -0.2) is 43.7 Å². The third kappa shape index (κ3) is 4.07. The molecule has 0 atom stereocenters. The summed E-state index contributed by atoms with van der Waals surface area (Å²) >= 11 is 1.73. The van der Waals surface area contributed by atoms with E-state index in [1.807, 2.05) is 18.4 Å². The molecule has 1 aromatic rings. The monoisotopic (exact) mass is 267 g/mol. The number of amides is 1. The maximum atomic E-state index is 12.0. The number of hydrogen-bond donors (Lipinski definition) is 0. The summed E-state index contributed by atoms with van der Waals surface area (Å²) in [6, 6.07) is 7.41. The summed E-state index contributed by atoms with van der Waals surface area (Å²) < 4.78 is 4.52. The van der Waals surface area contributed by atoms with Crippen molar-refractivity contribution in [3.05, 3.63) is 35.4 Å². The predicted molar refractivity (Wildman–Crippen MR) is 72.6 cm³/mol.